The van der Waals surface area contributed by atoms with E-state index in [4.69, 9.17) is 9.47 Å². The van der Waals surface area contributed by atoms with Gasteiger partial charge < -0.3 is 24.8 Å². The van der Waals surface area contributed by atoms with Crippen LogP contribution in [0.3, 0.4) is 0 Å². The van der Waals surface area contributed by atoms with Gasteiger partial charge in [0.15, 0.2) is 0 Å². The van der Waals surface area contributed by atoms with E-state index in [0.29, 0.717) is 26.3 Å². The van der Waals surface area contributed by atoms with Gasteiger partial charge in [0.05, 0.1) is 23.9 Å². The van der Waals surface area contributed by atoms with Crippen LogP contribution in [-0.4, -0.2) is 67.5 Å². The second-order valence-corrected chi connectivity index (χ2v) is 9.55. The Bertz CT molecular complexity index is 826. The molecule has 2 N–H and O–H groups in total. The summed E-state index contributed by atoms with van der Waals surface area (Å²) in [6, 6.07) is 5.36. The first-order valence-electron chi connectivity index (χ1n) is 11.7. The van der Waals surface area contributed by atoms with Crippen LogP contribution in [0.5, 0.6) is 0 Å². The summed E-state index contributed by atoms with van der Waals surface area (Å²) in [7, 11) is 1.69. The van der Waals surface area contributed by atoms with Crippen molar-refractivity contribution in [2.75, 3.05) is 33.4 Å². The Morgan fingerprint density at radius 1 is 1.24 bits per heavy atom. The molecule has 1 amide bonds. The number of carbonyl (C=O) groups excluding carboxylic acids is 1. The number of hydrogen-bond donors (Lipinski definition) is 2. The molecule has 1 aromatic rings. The summed E-state index contributed by atoms with van der Waals surface area (Å²) in [5.41, 5.74) is -1.86. The van der Waals surface area contributed by atoms with Gasteiger partial charge in [-0.25, -0.2) is 0 Å². The Morgan fingerprint density at radius 3 is 2.70 bits per heavy atom. The van der Waals surface area contributed by atoms with Crippen molar-refractivity contribution in [3.63, 3.8) is 0 Å². The fraction of sp³-hybridized carbons (Fsp3) is 0.708. The largest absolute Gasteiger partial charge is 0.416 e. The zero-order chi connectivity index (χ0) is 23.6. The maximum Gasteiger partial charge on any atom is 0.416 e. The number of benzene rings is 1. The quantitative estimate of drug-likeness (QED) is 0.692. The third kappa shape index (κ3) is 5.53. The Hall–Kier alpha value is -1.68. The molecular formula is C24H33F3N2O4. The van der Waals surface area contributed by atoms with Gasteiger partial charge in [0.25, 0.3) is 0 Å². The Balaban J connectivity index is 1.31. The number of nitrogens with zero attached hydrogens (tertiary/aromatic N) is 1. The molecule has 1 aromatic carbocycles. The van der Waals surface area contributed by atoms with Crippen LogP contribution in [0.2, 0.25) is 0 Å². The molecule has 4 rings (SSSR count). The van der Waals surface area contributed by atoms with Crippen molar-refractivity contribution in [1.29, 1.82) is 0 Å². The second kappa shape index (κ2) is 9.90. The third-order valence-corrected chi connectivity index (χ3v) is 7.47. The van der Waals surface area contributed by atoms with Crippen molar-refractivity contribution in [3.8, 4) is 0 Å². The number of carbonyl (C=O) groups is 1. The molecule has 2 aliphatic heterocycles. The third-order valence-electron chi connectivity index (χ3n) is 7.47. The molecule has 0 spiro atoms. The van der Waals surface area contributed by atoms with E-state index in [1.807, 2.05) is 0 Å². The molecule has 0 aromatic heterocycles. The van der Waals surface area contributed by atoms with E-state index in [-0.39, 0.29) is 48.4 Å². The van der Waals surface area contributed by atoms with Crippen molar-refractivity contribution < 1.29 is 32.5 Å². The van der Waals surface area contributed by atoms with E-state index in [0.717, 1.165) is 37.8 Å². The lowest BCUT2D eigenvalue weighted by Gasteiger charge is -2.39. The number of amides is 1. The molecule has 4 atom stereocenters. The summed E-state index contributed by atoms with van der Waals surface area (Å²) in [4.78, 5) is 14.9. The summed E-state index contributed by atoms with van der Waals surface area (Å²) in [5.74, 6) is 0.0174. The number of nitrogens with one attached hydrogen (secondary N) is 1. The molecule has 0 radical (unpaired) electrons. The Labute approximate surface area is 192 Å². The highest BCUT2D eigenvalue weighted by Crippen LogP contribution is 2.38. The molecule has 3 aliphatic rings. The van der Waals surface area contributed by atoms with Crippen molar-refractivity contribution in [2.24, 2.45) is 5.92 Å². The topological polar surface area (TPSA) is 71.0 Å². The zero-order valence-electron chi connectivity index (χ0n) is 18.9. The average Bonchev–Trinajstić information content (AvgIpc) is 3.27. The summed E-state index contributed by atoms with van der Waals surface area (Å²) in [6.45, 7) is 1.96. The van der Waals surface area contributed by atoms with Gasteiger partial charge in [-0.15, -0.1) is 0 Å². The van der Waals surface area contributed by atoms with Crippen LogP contribution >= 0.6 is 0 Å². The zero-order valence-corrected chi connectivity index (χ0v) is 18.9. The maximum atomic E-state index is 13.1. The fourth-order valence-corrected chi connectivity index (χ4v) is 5.42. The fourth-order valence-electron chi connectivity index (χ4n) is 5.42. The summed E-state index contributed by atoms with van der Waals surface area (Å²) in [6.07, 6.45) is -0.598. The molecule has 3 fully saturated rings. The summed E-state index contributed by atoms with van der Waals surface area (Å²) >= 11 is 0. The molecule has 9 heteroatoms. The molecule has 2 heterocycles. The molecule has 184 valence electrons. The number of aliphatic hydroxyl groups is 1. The van der Waals surface area contributed by atoms with Gasteiger partial charge >= 0.3 is 6.18 Å². The van der Waals surface area contributed by atoms with Gasteiger partial charge in [-0.05, 0) is 56.2 Å². The molecule has 1 aliphatic carbocycles. The van der Waals surface area contributed by atoms with Crippen molar-refractivity contribution in [2.45, 2.75) is 68.5 Å². The summed E-state index contributed by atoms with van der Waals surface area (Å²) in [5, 5.41) is 14.7. The van der Waals surface area contributed by atoms with Crippen molar-refractivity contribution in [3.05, 3.63) is 35.4 Å². The van der Waals surface area contributed by atoms with Crippen LogP contribution in [0.4, 0.5) is 13.2 Å². The highest BCUT2D eigenvalue weighted by molar-refractivity contribution is 5.79. The number of methoxy groups -OCH3 is 1. The highest BCUT2D eigenvalue weighted by atomic mass is 19.4. The van der Waals surface area contributed by atoms with Gasteiger partial charge in [-0.3, -0.25) is 4.79 Å². The first kappa shape index (κ1) is 24.4. The van der Waals surface area contributed by atoms with Crippen LogP contribution in [0.25, 0.3) is 0 Å². The van der Waals surface area contributed by atoms with Gasteiger partial charge in [-0.1, -0.05) is 12.1 Å². The molecule has 0 bridgehead atoms. The van der Waals surface area contributed by atoms with Crippen LogP contribution in [0, 0.1) is 5.92 Å². The smallest absolute Gasteiger partial charge is 0.385 e. The van der Waals surface area contributed by atoms with Gasteiger partial charge in [-0.2, -0.15) is 13.2 Å². The van der Waals surface area contributed by atoms with E-state index < -0.39 is 17.3 Å². The number of halogens is 3. The van der Waals surface area contributed by atoms with Crippen LogP contribution in [-0.2, 0) is 26.0 Å². The molecule has 2 saturated heterocycles. The first-order chi connectivity index (χ1) is 15.7. The van der Waals surface area contributed by atoms with E-state index in [1.165, 1.54) is 12.1 Å². The van der Waals surface area contributed by atoms with Crippen molar-refractivity contribution in [1.82, 2.24) is 10.2 Å². The molecule has 4 unspecified atom stereocenters. The van der Waals surface area contributed by atoms with Gasteiger partial charge in [0, 0.05) is 44.8 Å². The lowest BCUT2D eigenvalue weighted by Crippen LogP contribution is -2.50. The van der Waals surface area contributed by atoms with Crippen LogP contribution in [0.1, 0.15) is 49.7 Å². The molecule has 6 nitrogen and oxygen atoms in total. The molecular weight excluding hydrogens is 437 g/mol. The molecule has 1 saturated carbocycles. The van der Waals surface area contributed by atoms with Gasteiger partial charge in [0.2, 0.25) is 5.91 Å². The maximum absolute atomic E-state index is 13.1. The first-order valence-corrected chi connectivity index (χ1v) is 11.7. The SMILES string of the molecule is COC1COCCC1NC1CCC(C(=O)N2CCC(O)(c3cccc(C(F)(F)F)c3)CC2)C1. The lowest BCUT2D eigenvalue weighted by atomic mass is 9.83. The standard InChI is InChI=1S/C24H33F3N2O4/c1-32-21-15-33-12-7-20(21)28-19-6-5-16(13-19)22(30)29-10-8-23(31,9-11-29)17-3-2-4-18(14-17)24(25,26)27/h2-4,14,16,19-21,28,31H,5-13,15H2,1H3. The van der Waals surface area contributed by atoms with E-state index in [1.54, 1.807) is 12.0 Å². The number of likely N-dealkylation sites (tertiary alicyclic amines) is 1. The second-order valence-electron chi connectivity index (χ2n) is 9.55. The minimum atomic E-state index is -4.45. The predicted octanol–water partition coefficient (Wildman–Crippen LogP) is 3.08. The number of alkyl halides is 3. The number of rotatable bonds is 5. The van der Waals surface area contributed by atoms with E-state index >= 15 is 0 Å². The molecule has 33 heavy (non-hydrogen) atoms. The number of piperidine rings is 1. The number of ether oxygens (including phenoxy) is 2. The normalized spacial score (nSPS) is 30.4. The Kier molecular flexibility index (Phi) is 7.33. The van der Waals surface area contributed by atoms with Crippen molar-refractivity contribution >= 4 is 5.91 Å². The predicted molar refractivity (Wildman–Crippen MR) is 115 cm³/mol. The Morgan fingerprint density at radius 2 is 2.00 bits per heavy atom. The minimum absolute atomic E-state index is 0.0177. The average molecular weight is 471 g/mol. The number of hydrogen-bond acceptors (Lipinski definition) is 5. The van der Waals surface area contributed by atoms with Gasteiger partial charge in [0.1, 0.15) is 0 Å². The minimum Gasteiger partial charge on any atom is -0.385 e. The monoisotopic (exact) mass is 470 g/mol. The van der Waals surface area contributed by atoms with E-state index in [2.05, 4.69) is 5.32 Å². The van der Waals surface area contributed by atoms with E-state index in [9.17, 15) is 23.1 Å². The lowest BCUT2D eigenvalue weighted by molar-refractivity contribution is -0.140. The highest BCUT2D eigenvalue weighted by Gasteiger charge is 2.41. The van der Waals surface area contributed by atoms with Crippen LogP contribution in [0.15, 0.2) is 24.3 Å². The summed E-state index contributed by atoms with van der Waals surface area (Å²) < 4.78 is 50.2. The van der Waals surface area contributed by atoms with Crippen LogP contribution < -0.4 is 5.32 Å².